The van der Waals surface area contributed by atoms with E-state index in [9.17, 15) is 0 Å². The fourth-order valence-electron chi connectivity index (χ4n) is 2.09. The molecule has 1 saturated carbocycles. The minimum absolute atomic E-state index is 0.575. The number of anilines is 1. The van der Waals surface area contributed by atoms with Gasteiger partial charge in [-0.05, 0) is 49.9 Å². The number of hydrogen-bond donors (Lipinski definition) is 1. The summed E-state index contributed by atoms with van der Waals surface area (Å²) in [5.41, 5.74) is 2.74. The van der Waals surface area contributed by atoms with Crippen molar-refractivity contribution in [3.63, 3.8) is 0 Å². The van der Waals surface area contributed by atoms with Crippen LogP contribution in [0.1, 0.15) is 38.7 Å². The number of hydrogen-bond acceptors (Lipinski definition) is 2. The summed E-state index contributed by atoms with van der Waals surface area (Å²) in [5.74, 6) is 0. The van der Waals surface area contributed by atoms with E-state index in [1.807, 2.05) is 0 Å². The molecule has 0 spiro atoms. The second kappa shape index (κ2) is 6.07. The van der Waals surface area contributed by atoms with E-state index in [0.29, 0.717) is 6.04 Å². The van der Waals surface area contributed by atoms with Crippen LogP contribution in [0.15, 0.2) is 22.7 Å². The lowest BCUT2D eigenvalue weighted by Gasteiger charge is -2.28. The highest BCUT2D eigenvalue weighted by Gasteiger charge is 2.21. The molecule has 0 bridgehead atoms. The third-order valence-electron chi connectivity index (χ3n) is 3.83. The predicted molar refractivity (Wildman–Crippen MR) is 82.2 cm³/mol. The van der Waals surface area contributed by atoms with Crippen LogP contribution in [0, 0.1) is 0 Å². The molecule has 2 nitrogen and oxygen atoms in total. The summed E-state index contributed by atoms with van der Waals surface area (Å²) in [6.45, 7) is 5.49. The first-order valence-electron chi connectivity index (χ1n) is 6.86. The van der Waals surface area contributed by atoms with Crippen molar-refractivity contribution in [2.24, 2.45) is 0 Å². The molecule has 18 heavy (non-hydrogen) atoms. The first-order chi connectivity index (χ1) is 8.61. The molecule has 1 fully saturated rings. The Hall–Kier alpha value is -0.540. The molecule has 1 aliphatic rings. The van der Waals surface area contributed by atoms with E-state index >= 15 is 0 Å². The number of nitrogens with zero attached hydrogens (tertiary/aromatic N) is 1. The molecule has 1 unspecified atom stereocenters. The van der Waals surface area contributed by atoms with Crippen LogP contribution in [0.5, 0.6) is 0 Å². The Bertz CT molecular complexity index is 401. The average molecular weight is 311 g/mol. The Morgan fingerprint density at radius 2 is 2.17 bits per heavy atom. The molecular weight excluding hydrogens is 288 g/mol. The van der Waals surface area contributed by atoms with Crippen molar-refractivity contribution in [2.75, 3.05) is 11.9 Å². The van der Waals surface area contributed by atoms with Gasteiger partial charge in [0.2, 0.25) is 0 Å². The topological polar surface area (TPSA) is 15.3 Å². The fraction of sp³-hybridized carbons (Fsp3) is 0.600. The summed E-state index contributed by atoms with van der Waals surface area (Å²) in [6.07, 6.45) is 3.84. The maximum absolute atomic E-state index is 3.60. The van der Waals surface area contributed by atoms with Crippen molar-refractivity contribution in [1.82, 2.24) is 5.32 Å². The van der Waals surface area contributed by atoms with Crippen LogP contribution in [0.2, 0.25) is 0 Å². The van der Waals surface area contributed by atoms with E-state index in [2.05, 4.69) is 65.2 Å². The molecule has 0 radical (unpaired) electrons. The van der Waals surface area contributed by atoms with E-state index in [4.69, 9.17) is 0 Å². The third kappa shape index (κ3) is 3.48. The quantitative estimate of drug-likeness (QED) is 0.856. The molecule has 0 aliphatic heterocycles. The van der Waals surface area contributed by atoms with Crippen LogP contribution >= 0.6 is 15.9 Å². The van der Waals surface area contributed by atoms with Crippen LogP contribution in [0.4, 0.5) is 5.69 Å². The van der Waals surface area contributed by atoms with Crippen molar-refractivity contribution in [3.05, 3.63) is 28.2 Å². The van der Waals surface area contributed by atoms with Crippen LogP contribution < -0.4 is 10.2 Å². The van der Waals surface area contributed by atoms with Crippen LogP contribution in [-0.4, -0.2) is 19.1 Å². The lowest BCUT2D eigenvalue weighted by molar-refractivity contribution is 0.649. The van der Waals surface area contributed by atoms with Gasteiger partial charge in [0.05, 0.1) is 0 Å². The second-order valence-electron chi connectivity index (χ2n) is 5.30. The molecule has 1 aromatic carbocycles. The molecule has 1 aromatic rings. The zero-order valence-corrected chi connectivity index (χ0v) is 13.1. The summed E-state index contributed by atoms with van der Waals surface area (Å²) in [5, 5.41) is 3.60. The van der Waals surface area contributed by atoms with Gasteiger partial charge in [0.1, 0.15) is 0 Å². The molecule has 3 heteroatoms. The smallest absolute Gasteiger partial charge is 0.0412 e. The standard InChI is InChI=1S/C15H23BrN2/c1-4-11(2)18(3)15-8-5-13(16)9-12(15)10-17-14-6-7-14/h5,8-9,11,14,17H,4,6-7,10H2,1-3H3. The molecule has 0 aromatic heterocycles. The average Bonchev–Trinajstić information content (AvgIpc) is 3.18. The van der Waals surface area contributed by atoms with Crippen LogP contribution in [0.3, 0.4) is 0 Å². The monoisotopic (exact) mass is 310 g/mol. The zero-order chi connectivity index (χ0) is 13.1. The number of benzene rings is 1. The van der Waals surface area contributed by atoms with Gasteiger partial charge in [-0.1, -0.05) is 22.9 Å². The highest BCUT2D eigenvalue weighted by molar-refractivity contribution is 9.10. The van der Waals surface area contributed by atoms with Gasteiger partial charge in [-0.25, -0.2) is 0 Å². The normalized spacial score (nSPS) is 16.7. The van der Waals surface area contributed by atoms with E-state index in [-0.39, 0.29) is 0 Å². The zero-order valence-electron chi connectivity index (χ0n) is 11.5. The third-order valence-corrected chi connectivity index (χ3v) is 4.33. The number of nitrogens with one attached hydrogen (secondary N) is 1. The molecule has 1 aliphatic carbocycles. The lowest BCUT2D eigenvalue weighted by atomic mass is 10.1. The van der Waals surface area contributed by atoms with E-state index in [1.54, 1.807) is 0 Å². The van der Waals surface area contributed by atoms with Crippen molar-refractivity contribution < 1.29 is 0 Å². The highest BCUT2D eigenvalue weighted by Crippen LogP contribution is 2.27. The first kappa shape index (κ1) is 13.9. The van der Waals surface area contributed by atoms with Crippen molar-refractivity contribution in [3.8, 4) is 0 Å². The molecule has 2 rings (SSSR count). The van der Waals surface area contributed by atoms with Crippen molar-refractivity contribution in [2.45, 2.75) is 51.7 Å². The summed E-state index contributed by atoms with van der Waals surface area (Å²) >= 11 is 3.58. The lowest BCUT2D eigenvalue weighted by Crippen LogP contribution is -2.29. The van der Waals surface area contributed by atoms with Gasteiger partial charge in [0.25, 0.3) is 0 Å². The van der Waals surface area contributed by atoms with Gasteiger partial charge in [-0.2, -0.15) is 0 Å². The van der Waals surface area contributed by atoms with Crippen LogP contribution in [-0.2, 0) is 6.54 Å². The predicted octanol–water partition coefficient (Wildman–Crippen LogP) is 3.94. The van der Waals surface area contributed by atoms with Gasteiger partial charge in [0, 0.05) is 35.8 Å². The Labute approximate surface area is 119 Å². The number of rotatable bonds is 6. The maximum Gasteiger partial charge on any atom is 0.0412 e. The maximum atomic E-state index is 3.60. The van der Waals surface area contributed by atoms with Crippen molar-refractivity contribution >= 4 is 21.6 Å². The largest absolute Gasteiger partial charge is 0.372 e. The summed E-state index contributed by atoms with van der Waals surface area (Å²) in [6, 6.07) is 7.93. The van der Waals surface area contributed by atoms with E-state index < -0.39 is 0 Å². The minimum atomic E-state index is 0.575. The fourth-order valence-corrected chi connectivity index (χ4v) is 2.50. The molecule has 100 valence electrons. The van der Waals surface area contributed by atoms with E-state index in [1.165, 1.54) is 30.5 Å². The van der Waals surface area contributed by atoms with Crippen molar-refractivity contribution in [1.29, 1.82) is 0 Å². The number of halogens is 1. The summed E-state index contributed by atoms with van der Waals surface area (Å²) in [4.78, 5) is 2.39. The Morgan fingerprint density at radius 3 is 2.78 bits per heavy atom. The SMILES string of the molecule is CCC(C)N(C)c1ccc(Br)cc1CNC1CC1. The van der Waals surface area contributed by atoms with Crippen LogP contribution in [0.25, 0.3) is 0 Å². The Kier molecular flexibility index (Phi) is 4.68. The second-order valence-corrected chi connectivity index (χ2v) is 6.21. The van der Waals surface area contributed by atoms with Gasteiger partial charge >= 0.3 is 0 Å². The van der Waals surface area contributed by atoms with Gasteiger partial charge < -0.3 is 10.2 Å². The van der Waals surface area contributed by atoms with Gasteiger partial charge in [0.15, 0.2) is 0 Å². The molecule has 0 heterocycles. The molecule has 1 atom stereocenters. The summed E-state index contributed by atoms with van der Waals surface area (Å²) < 4.78 is 1.16. The Balaban J connectivity index is 2.15. The van der Waals surface area contributed by atoms with E-state index in [0.717, 1.165) is 17.1 Å². The highest BCUT2D eigenvalue weighted by atomic mass is 79.9. The summed E-state index contributed by atoms with van der Waals surface area (Å²) in [7, 11) is 2.19. The molecule has 0 amide bonds. The van der Waals surface area contributed by atoms with Gasteiger partial charge in [-0.15, -0.1) is 0 Å². The Morgan fingerprint density at radius 1 is 1.44 bits per heavy atom. The molecular formula is C15H23BrN2. The first-order valence-corrected chi connectivity index (χ1v) is 7.65. The minimum Gasteiger partial charge on any atom is -0.372 e. The molecule has 1 N–H and O–H groups in total. The molecule has 0 saturated heterocycles. The van der Waals surface area contributed by atoms with Gasteiger partial charge in [-0.3, -0.25) is 0 Å².